The zero-order valence-electron chi connectivity index (χ0n) is 8.05. The maximum atomic E-state index is 11.2. The molecule has 0 amide bonds. The Morgan fingerprint density at radius 3 is 3.07 bits per heavy atom. The maximum Gasteiger partial charge on any atom is 0.309 e. The van der Waals surface area contributed by atoms with Crippen LogP contribution in [0.5, 0.6) is 0 Å². The Kier molecular flexibility index (Phi) is 2.56. The number of hydrogen-bond donors (Lipinski definition) is 1. The van der Waals surface area contributed by atoms with Gasteiger partial charge >= 0.3 is 5.97 Å². The number of aliphatic hydroxyl groups is 1. The molecular formula is C10H14O4. The topological polar surface area (TPSA) is 59.1 Å². The second-order valence-corrected chi connectivity index (χ2v) is 3.83. The van der Waals surface area contributed by atoms with Crippen LogP contribution < -0.4 is 0 Å². The van der Waals surface area contributed by atoms with Crippen molar-refractivity contribution < 1.29 is 19.4 Å². The lowest BCUT2D eigenvalue weighted by molar-refractivity contribution is -0.150. The van der Waals surface area contributed by atoms with E-state index in [1.165, 1.54) is 0 Å². The van der Waals surface area contributed by atoms with Gasteiger partial charge in [0.2, 0.25) is 0 Å². The van der Waals surface area contributed by atoms with E-state index >= 15 is 0 Å². The molecule has 2 aliphatic heterocycles. The Balaban J connectivity index is 2.02. The monoisotopic (exact) mass is 198 g/mol. The van der Waals surface area contributed by atoms with Crippen molar-refractivity contribution in [1.82, 2.24) is 0 Å². The van der Waals surface area contributed by atoms with Crippen LogP contribution in [0, 0.1) is 0 Å². The van der Waals surface area contributed by atoms with Gasteiger partial charge in [-0.05, 0) is 6.92 Å². The third-order valence-electron chi connectivity index (χ3n) is 2.42. The average molecular weight is 198 g/mol. The normalized spacial score (nSPS) is 44.9. The number of ether oxygens (including phenoxy) is 2. The Hall–Kier alpha value is -0.870. The third-order valence-corrected chi connectivity index (χ3v) is 2.42. The molecule has 14 heavy (non-hydrogen) atoms. The van der Waals surface area contributed by atoms with Crippen LogP contribution in [0.25, 0.3) is 0 Å². The lowest BCUT2D eigenvalue weighted by atomic mass is 10.1. The van der Waals surface area contributed by atoms with E-state index in [4.69, 9.17) is 9.47 Å². The largest absolute Gasteiger partial charge is 0.462 e. The molecule has 1 N–H and O–H groups in total. The highest BCUT2D eigenvalue weighted by Crippen LogP contribution is 2.29. The molecule has 2 rings (SSSR count). The van der Waals surface area contributed by atoms with Crippen LogP contribution in [-0.2, 0) is 14.3 Å². The summed E-state index contributed by atoms with van der Waals surface area (Å²) in [6, 6.07) is 0. The van der Waals surface area contributed by atoms with Crippen molar-refractivity contribution in [2.45, 2.75) is 44.2 Å². The van der Waals surface area contributed by atoms with Crippen LogP contribution in [0.1, 0.15) is 19.8 Å². The number of carbonyl (C=O) groups is 1. The lowest BCUT2D eigenvalue weighted by Gasteiger charge is -2.13. The highest BCUT2D eigenvalue weighted by molar-refractivity contribution is 5.70. The fourth-order valence-electron chi connectivity index (χ4n) is 1.64. The van der Waals surface area contributed by atoms with Crippen LogP contribution >= 0.6 is 0 Å². The molecule has 4 heteroatoms. The zero-order chi connectivity index (χ0) is 10.1. The fraction of sp³-hybridized carbons (Fsp3) is 0.700. The Morgan fingerprint density at radius 1 is 1.50 bits per heavy atom. The first-order chi connectivity index (χ1) is 6.65. The van der Waals surface area contributed by atoms with E-state index in [0.29, 0.717) is 0 Å². The van der Waals surface area contributed by atoms with Crippen molar-refractivity contribution in [3.8, 4) is 0 Å². The minimum atomic E-state index is -0.752. The van der Waals surface area contributed by atoms with Crippen molar-refractivity contribution in [2.75, 3.05) is 0 Å². The molecule has 0 aliphatic carbocycles. The molecule has 0 spiro atoms. The molecule has 0 aromatic heterocycles. The highest BCUT2D eigenvalue weighted by atomic mass is 16.6. The Labute approximate surface area is 82.5 Å². The van der Waals surface area contributed by atoms with E-state index < -0.39 is 6.10 Å². The molecule has 1 saturated heterocycles. The van der Waals surface area contributed by atoms with Gasteiger partial charge in [-0.3, -0.25) is 4.79 Å². The molecule has 2 aliphatic rings. The van der Waals surface area contributed by atoms with Crippen LogP contribution in [-0.4, -0.2) is 35.5 Å². The molecule has 0 radical (unpaired) electrons. The van der Waals surface area contributed by atoms with Gasteiger partial charge in [-0.25, -0.2) is 0 Å². The Bertz CT molecular complexity index is 261. The van der Waals surface area contributed by atoms with Crippen molar-refractivity contribution >= 4 is 5.97 Å². The summed E-state index contributed by atoms with van der Waals surface area (Å²) in [5.74, 6) is -0.353. The van der Waals surface area contributed by atoms with Crippen LogP contribution in [0.3, 0.4) is 0 Å². The second-order valence-electron chi connectivity index (χ2n) is 3.83. The van der Waals surface area contributed by atoms with Gasteiger partial charge < -0.3 is 14.6 Å². The van der Waals surface area contributed by atoms with Gasteiger partial charge in [-0.15, -0.1) is 0 Å². The molecule has 4 nitrogen and oxygen atoms in total. The van der Waals surface area contributed by atoms with Gasteiger partial charge in [0.05, 0.1) is 18.6 Å². The van der Waals surface area contributed by atoms with E-state index in [1.54, 1.807) is 6.08 Å². The zero-order valence-corrected chi connectivity index (χ0v) is 8.05. The van der Waals surface area contributed by atoms with Crippen molar-refractivity contribution in [1.29, 1.82) is 0 Å². The summed E-state index contributed by atoms with van der Waals surface area (Å²) in [6.07, 6.45) is 3.55. The summed E-state index contributed by atoms with van der Waals surface area (Å²) in [7, 11) is 0. The third kappa shape index (κ3) is 2.33. The van der Waals surface area contributed by atoms with Crippen LogP contribution in [0.4, 0.5) is 0 Å². The number of carbonyl (C=O) groups excluding carboxylic acids is 1. The average Bonchev–Trinajstić information content (AvgIpc) is 2.78. The van der Waals surface area contributed by atoms with Gasteiger partial charge in [-0.1, -0.05) is 12.2 Å². The first-order valence-electron chi connectivity index (χ1n) is 4.86. The Morgan fingerprint density at radius 2 is 2.29 bits per heavy atom. The number of esters is 1. The fourth-order valence-corrected chi connectivity index (χ4v) is 1.64. The molecule has 0 bridgehead atoms. The van der Waals surface area contributed by atoms with Gasteiger partial charge in [0.1, 0.15) is 12.2 Å². The standard InChI is InChI=1S/C10H14O4/c1-6-4-9-8(14-9)3-2-7(11)5-10(12)13-6/h2-3,6-9,11H,4-5H2,1H3/b3-2+/t6-,7+,8-,9+/m1/s1. The van der Waals surface area contributed by atoms with Crippen molar-refractivity contribution in [3.63, 3.8) is 0 Å². The summed E-state index contributed by atoms with van der Waals surface area (Å²) in [5, 5.41) is 9.38. The number of epoxide rings is 1. The molecule has 0 unspecified atom stereocenters. The van der Waals surface area contributed by atoms with Crippen LogP contribution in [0.2, 0.25) is 0 Å². The first-order valence-corrected chi connectivity index (χ1v) is 4.86. The van der Waals surface area contributed by atoms with Crippen LogP contribution in [0.15, 0.2) is 12.2 Å². The van der Waals surface area contributed by atoms with E-state index in [2.05, 4.69) is 0 Å². The predicted molar refractivity (Wildman–Crippen MR) is 48.6 cm³/mol. The van der Waals surface area contributed by atoms with Gasteiger partial charge in [0.15, 0.2) is 0 Å². The molecule has 4 atom stereocenters. The van der Waals surface area contributed by atoms with E-state index in [1.807, 2.05) is 13.0 Å². The van der Waals surface area contributed by atoms with Gasteiger partial charge in [0, 0.05) is 6.42 Å². The predicted octanol–water partition coefficient (Wildman–Crippen LogP) is 0.396. The smallest absolute Gasteiger partial charge is 0.309 e. The molecular weight excluding hydrogens is 184 g/mol. The maximum absolute atomic E-state index is 11.2. The summed E-state index contributed by atoms with van der Waals surface area (Å²) in [5.41, 5.74) is 0. The number of aliphatic hydroxyl groups excluding tert-OH is 1. The summed E-state index contributed by atoms with van der Waals surface area (Å²) in [6.45, 7) is 1.84. The molecule has 0 aromatic rings. The van der Waals surface area contributed by atoms with Gasteiger partial charge in [-0.2, -0.15) is 0 Å². The minimum Gasteiger partial charge on any atom is -0.462 e. The molecule has 78 valence electrons. The quantitative estimate of drug-likeness (QED) is 0.347. The molecule has 1 fully saturated rings. The van der Waals surface area contributed by atoms with E-state index in [9.17, 15) is 9.90 Å². The van der Waals surface area contributed by atoms with Crippen molar-refractivity contribution in [3.05, 3.63) is 12.2 Å². The molecule has 0 saturated carbocycles. The summed E-state index contributed by atoms with van der Waals surface area (Å²) in [4.78, 5) is 11.2. The number of fused-ring (bicyclic) bond motifs is 1. The van der Waals surface area contributed by atoms with E-state index in [0.717, 1.165) is 6.42 Å². The summed E-state index contributed by atoms with van der Waals surface area (Å²) >= 11 is 0. The van der Waals surface area contributed by atoms with Gasteiger partial charge in [0.25, 0.3) is 0 Å². The minimum absolute atomic E-state index is 0.0260. The highest BCUT2D eigenvalue weighted by Gasteiger charge is 2.38. The van der Waals surface area contributed by atoms with E-state index in [-0.39, 0.29) is 30.7 Å². The lowest BCUT2D eigenvalue weighted by Crippen LogP contribution is -2.21. The van der Waals surface area contributed by atoms with Crippen molar-refractivity contribution in [2.24, 2.45) is 0 Å². The SMILES string of the molecule is C[C@@H]1C[C@@H]2O[C@@H]2/C=C/[C@H](O)CC(=O)O1. The second kappa shape index (κ2) is 3.71. The first kappa shape index (κ1) is 9.68. The number of rotatable bonds is 0. The number of hydrogen-bond acceptors (Lipinski definition) is 4. The summed E-state index contributed by atoms with van der Waals surface area (Å²) < 4.78 is 10.4. The molecule has 2 heterocycles. The molecule has 0 aromatic carbocycles. The number of cyclic esters (lactones) is 1.